The zero-order valence-electron chi connectivity index (χ0n) is 10.7. The fourth-order valence-electron chi connectivity index (χ4n) is 1.90. The van der Waals surface area contributed by atoms with Crippen LogP contribution in [0.15, 0.2) is 42.6 Å². The van der Waals surface area contributed by atoms with E-state index in [2.05, 4.69) is 10.3 Å². The number of carbonyl (C=O) groups excluding carboxylic acids is 1. The molecule has 3 nitrogen and oxygen atoms in total. The number of aryl methyl sites for hydroxylation is 1. The molecule has 0 atom stereocenters. The summed E-state index contributed by atoms with van der Waals surface area (Å²) < 4.78 is 13.3. The smallest absolute Gasteiger partial charge is 0.220 e. The van der Waals surface area contributed by atoms with Crippen LogP contribution in [0.2, 0.25) is 0 Å². The summed E-state index contributed by atoms with van der Waals surface area (Å²) >= 11 is 0. The molecule has 0 aliphatic heterocycles. The third kappa shape index (κ3) is 4.25. The Bertz CT molecular complexity index is 523. The van der Waals surface area contributed by atoms with Crippen molar-refractivity contribution in [1.29, 1.82) is 0 Å². The first-order valence-corrected chi connectivity index (χ1v) is 6.38. The average Bonchev–Trinajstić information content (AvgIpc) is 2.92. The lowest BCUT2D eigenvalue weighted by atomic mass is 10.1. The van der Waals surface area contributed by atoms with Crippen LogP contribution in [0.3, 0.4) is 0 Å². The zero-order chi connectivity index (χ0) is 13.5. The molecule has 100 valence electrons. The Morgan fingerprint density at radius 3 is 2.74 bits per heavy atom. The van der Waals surface area contributed by atoms with Crippen LogP contribution in [-0.2, 0) is 17.6 Å². The molecule has 0 aliphatic carbocycles. The molecule has 1 amide bonds. The first kappa shape index (κ1) is 13.3. The van der Waals surface area contributed by atoms with E-state index in [1.165, 1.54) is 6.07 Å². The highest BCUT2D eigenvalue weighted by atomic mass is 19.1. The van der Waals surface area contributed by atoms with E-state index in [-0.39, 0.29) is 11.7 Å². The monoisotopic (exact) mass is 260 g/mol. The third-order valence-electron chi connectivity index (χ3n) is 2.96. The van der Waals surface area contributed by atoms with Gasteiger partial charge >= 0.3 is 0 Å². The zero-order valence-corrected chi connectivity index (χ0v) is 10.7. The van der Waals surface area contributed by atoms with Gasteiger partial charge in [-0.15, -0.1) is 0 Å². The summed E-state index contributed by atoms with van der Waals surface area (Å²) in [6, 6.07) is 10.5. The SMILES string of the molecule is O=C(CCc1ccc[nH]1)NCCc1ccccc1F. The summed E-state index contributed by atoms with van der Waals surface area (Å²) in [5, 5.41) is 2.80. The Hall–Kier alpha value is -2.10. The number of nitrogens with one attached hydrogen (secondary N) is 2. The lowest BCUT2D eigenvalue weighted by Crippen LogP contribution is -2.26. The van der Waals surface area contributed by atoms with Gasteiger partial charge in [-0.25, -0.2) is 4.39 Å². The van der Waals surface area contributed by atoms with Gasteiger partial charge in [-0.1, -0.05) is 18.2 Å². The van der Waals surface area contributed by atoms with Crippen molar-refractivity contribution < 1.29 is 9.18 Å². The molecule has 1 aromatic carbocycles. The van der Waals surface area contributed by atoms with Crippen LogP contribution >= 0.6 is 0 Å². The second-order valence-electron chi connectivity index (χ2n) is 4.39. The van der Waals surface area contributed by atoms with E-state index in [0.717, 1.165) is 5.69 Å². The summed E-state index contributed by atoms with van der Waals surface area (Å²) in [4.78, 5) is 14.6. The number of amides is 1. The first-order valence-electron chi connectivity index (χ1n) is 6.38. The number of H-pyrrole nitrogens is 1. The second-order valence-corrected chi connectivity index (χ2v) is 4.39. The average molecular weight is 260 g/mol. The van der Waals surface area contributed by atoms with Crippen LogP contribution < -0.4 is 5.32 Å². The molecule has 0 aliphatic rings. The van der Waals surface area contributed by atoms with Gasteiger partial charge in [0.05, 0.1) is 0 Å². The number of aromatic amines is 1. The molecule has 4 heteroatoms. The van der Waals surface area contributed by atoms with E-state index in [4.69, 9.17) is 0 Å². The van der Waals surface area contributed by atoms with E-state index >= 15 is 0 Å². The minimum Gasteiger partial charge on any atom is -0.365 e. The van der Waals surface area contributed by atoms with E-state index in [0.29, 0.717) is 31.4 Å². The van der Waals surface area contributed by atoms with Crippen LogP contribution in [0.1, 0.15) is 17.7 Å². The summed E-state index contributed by atoms with van der Waals surface area (Å²) in [7, 11) is 0. The summed E-state index contributed by atoms with van der Waals surface area (Å²) in [5.41, 5.74) is 1.68. The van der Waals surface area contributed by atoms with Gasteiger partial charge in [0.1, 0.15) is 5.82 Å². The van der Waals surface area contributed by atoms with Crippen LogP contribution in [0.4, 0.5) is 4.39 Å². The van der Waals surface area contributed by atoms with Gasteiger partial charge in [0.25, 0.3) is 0 Å². The number of aromatic nitrogens is 1. The Balaban J connectivity index is 1.68. The van der Waals surface area contributed by atoms with Gasteiger partial charge in [-0.2, -0.15) is 0 Å². The van der Waals surface area contributed by atoms with Crippen LogP contribution in [0, 0.1) is 5.82 Å². The highest BCUT2D eigenvalue weighted by molar-refractivity contribution is 5.76. The van der Waals surface area contributed by atoms with E-state index < -0.39 is 0 Å². The first-order chi connectivity index (χ1) is 9.25. The summed E-state index contributed by atoms with van der Waals surface area (Å²) in [5.74, 6) is -0.228. The minimum absolute atomic E-state index is 0.00839. The molecule has 19 heavy (non-hydrogen) atoms. The predicted octanol–water partition coefficient (Wildman–Crippen LogP) is 2.45. The molecule has 1 aromatic heterocycles. The Labute approximate surface area is 111 Å². The van der Waals surface area contributed by atoms with Gasteiger partial charge in [-0.3, -0.25) is 4.79 Å². The maximum atomic E-state index is 13.3. The van der Waals surface area contributed by atoms with E-state index in [9.17, 15) is 9.18 Å². The molecule has 2 aromatic rings. The van der Waals surface area contributed by atoms with Crippen molar-refractivity contribution in [2.45, 2.75) is 19.3 Å². The molecule has 2 rings (SSSR count). The third-order valence-corrected chi connectivity index (χ3v) is 2.96. The fraction of sp³-hybridized carbons (Fsp3) is 0.267. The van der Waals surface area contributed by atoms with Gasteiger partial charge in [0.2, 0.25) is 5.91 Å². The molecule has 2 N–H and O–H groups in total. The maximum absolute atomic E-state index is 13.3. The van der Waals surface area contributed by atoms with Crippen molar-refractivity contribution in [3.63, 3.8) is 0 Å². The molecule has 0 bridgehead atoms. The largest absolute Gasteiger partial charge is 0.365 e. The molecule has 0 spiro atoms. The fourth-order valence-corrected chi connectivity index (χ4v) is 1.90. The molecular weight excluding hydrogens is 243 g/mol. The van der Waals surface area contributed by atoms with E-state index in [1.54, 1.807) is 18.2 Å². The Kier molecular flexibility index (Phi) is 4.72. The number of rotatable bonds is 6. The maximum Gasteiger partial charge on any atom is 0.220 e. The van der Waals surface area contributed by atoms with Gasteiger partial charge in [0, 0.05) is 24.9 Å². The molecule has 0 unspecified atom stereocenters. The van der Waals surface area contributed by atoms with Crippen molar-refractivity contribution in [1.82, 2.24) is 10.3 Å². The van der Waals surface area contributed by atoms with Crippen molar-refractivity contribution in [2.75, 3.05) is 6.54 Å². The van der Waals surface area contributed by atoms with Crippen molar-refractivity contribution >= 4 is 5.91 Å². The highest BCUT2D eigenvalue weighted by Crippen LogP contribution is 2.06. The normalized spacial score (nSPS) is 10.4. The molecule has 0 saturated heterocycles. The topological polar surface area (TPSA) is 44.9 Å². The quantitative estimate of drug-likeness (QED) is 0.823. The molecule has 0 radical (unpaired) electrons. The van der Waals surface area contributed by atoms with Crippen molar-refractivity contribution in [3.8, 4) is 0 Å². The Morgan fingerprint density at radius 2 is 2.00 bits per heavy atom. The Morgan fingerprint density at radius 1 is 1.16 bits per heavy atom. The second kappa shape index (κ2) is 6.73. The van der Waals surface area contributed by atoms with Gasteiger partial charge < -0.3 is 10.3 Å². The number of hydrogen-bond donors (Lipinski definition) is 2. The van der Waals surface area contributed by atoms with Gasteiger partial charge in [-0.05, 0) is 36.6 Å². The van der Waals surface area contributed by atoms with Crippen molar-refractivity contribution in [2.24, 2.45) is 0 Å². The molecule has 1 heterocycles. The number of carbonyl (C=O) groups is 1. The molecule has 0 fully saturated rings. The summed E-state index contributed by atoms with van der Waals surface area (Å²) in [6.07, 6.45) is 3.49. The number of benzene rings is 1. The number of halogens is 1. The number of hydrogen-bond acceptors (Lipinski definition) is 1. The lowest BCUT2D eigenvalue weighted by molar-refractivity contribution is -0.121. The van der Waals surface area contributed by atoms with Crippen LogP contribution in [0.25, 0.3) is 0 Å². The van der Waals surface area contributed by atoms with Crippen molar-refractivity contribution in [3.05, 3.63) is 59.7 Å². The molecule has 0 saturated carbocycles. The minimum atomic E-state index is -0.219. The lowest BCUT2D eigenvalue weighted by Gasteiger charge is -2.05. The van der Waals surface area contributed by atoms with Gasteiger partial charge in [0.15, 0.2) is 0 Å². The van der Waals surface area contributed by atoms with Crippen LogP contribution in [-0.4, -0.2) is 17.4 Å². The standard InChI is InChI=1S/C15H17FN2O/c16-14-6-2-1-4-12(14)9-11-18-15(19)8-7-13-5-3-10-17-13/h1-6,10,17H,7-9,11H2,(H,18,19). The summed E-state index contributed by atoms with van der Waals surface area (Å²) in [6.45, 7) is 0.463. The predicted molar refractivity (Wildman–Crippen MR) is 72.2 cm³/mol. The van der Waals surface area contributed by atoms with E-state index in [1.807, 2.05) is 18.3 Å². The highest BCUT2D eigenvalue weighted by Gasteiger charge is 2.04. The molecular formula is C15H17FN2O. The van der Waals surface area contributed by atoms with Crippen LogP contribution in [0.5, 0.6) is 0 Å².